The fourth-order valence-electron chi connectivity index (χ4n) is 1.15. The third kappa shape index (κ3) is 2.31. The van der Waals surface area contributed by atoms with Crippen molar-refractivity contribution in [3.8, 4) is 0 Å². The van der Waals surface area contributed by atoms with Crippen molar-refractivity contribution in [1.29, 1.82) is 0 Å². The van der Waals surface area contributed by atoms with Crippen molar-refractivity contribution in [2.24, 2.45) is 4.99 Å². The van der Waals surface area contributed by atoms with E-state index in [0.29, 0.717) is 0 Å². The van der Waals surface area contributed by atoms with Crippen LogP contribution >= 0.6 is 15.9 Å². The van der Waals surface area contributed by atoms with Gasteiger partial charge in [0.05, 0.1) is 5.54 Å². The second kappa shape index (κ2) is 4.07. The second-order valence-electron chi connectivity index (χ2n) is 3.73. The molecule has 0 spiro atoms. The first-order chi connectivity index (χ1) is 6.47. The van der Waals surface area contributed by atoms with Crippen LogP contribution in [0, 0.1) is 6.92 Å². The summed E-state index contributed by atoms with van der Waals surface area (Å²) in [4.78, 5) is 14.0. The summed E-state index contributed by atoms with van der Waals surface area (Å²) < 4.78 is 1.03. The predicted octanol–water partition coefficient (Wildman–Crippen LogP) is 3.33. The number of nitrogens with zero attached hydrogens (tertiary/aromatic N) is 1. The molecule has 0 saturated carbocycles. The van der Waals surface area contributed by atoms with Gasteiger partial charge in [-0.05, 0) is 38.0 Å². The summed E-state index contributed by atoms with van der Waals surface area (Å²) in [6.07, 6.45) is 1.60. The number of halogens is 1. The Morgan fingerprint density at radius 2 is 2.07 bits per heavy atom. The fraction of sp³-hybridized carbons (Fsp3) is 0.364. The molecule has 1 rings (SSSR count). The number of rotatable bonds is 2. The zero-order chi connectivity index (χ0) is 10.8. The van der Waals surface area contributed by atoms with Gasteiger partial charge in [0.1, 0.15) is 0 Å². The zero-order valence-electron chi connectivity index (χ0n) is 8.47. The molecule has 3 heteroatoms. The van der Waals surface area contributed by atoms with E-state index in [1.807, 2.05) is 39.0 Å². The molecule has 0 amide bonds. The molecule has 74 valence electrons. The molecule has 0 fully saturated rings. The molecule has 1 aromatic carbocycles. The van der Waals surface area contributed by atoms with E-state index in [2.05, 4.69) is 20.9 Å². The summed E-state index contributed by atoms with van der Waals surface area (Å²) in [6, 6.07) is 5.96. The Bertz CT molecular complexity index is 392. The molecule has 1 aromatic rings. The van der Waals surface area contributed by atoms with E-state index in [1.165, 1.54) is 5.56 Å². The van der Waals surface area contributed by atoms with Gasteiger partial charge in [0.25, 0.3) is 0 Å². The molecule has 0 N–H and O–H groups in total. The highest BCUT2D eigenvalue weighted by Gasteiger charge is 2.19. The average molecular weight is 254 g/mol. The third-order valence-electron chi connectivity index (χ3n) is 2.20. The molecule has 0 atom stereocenters. The summed E-state index contributed by atoms with van der Waals surface area (Å²) in [5, 5.41) is 0. The van der Waals surface area contributed by atoms with Crippen LogP contribution in [0.1, 0.15) is 25.0 Å². The number of aryl methyl sites for hydroxylation is 1. The maximum Gasteiger partial charge on any atom is 0.235 e. The zero-order valence-corrected chi connectivity index (χ0v) is 10.1. The first-order valence-electron chi connectivity index (χ1n) is 4.33. The Hall–Kier alpha value is -0.920. The van der Waals surface area contributed by atoms with Crippen LogP contribution in [0.5, 0.6) is 0 Å². The molecule has 0 aliphatic heterocycles. The molecule has 0 unspecified atom stereocenters. The van der Waals surface area contributed by atoms with Crippen molar-refractivity contribution >= 4 is 22.0 Å². The van der Waals surface area contributed by atoms with Gasteiger partial charge in [0.2, 0.25) is 6.08 Å². The normalized spacial score (nSPS) is 10.9. The maximum atomic E-state index is 10.2. The van der Waals surface area contributed by atoms with Gasteiger partial charge in [-0.25, -0.2) is 4.79 Å². The highest BCUT2D eigenvalue weighted by molar-refractivity contribution is 9.10. The minimum Gasteiger partial charge on any atom is -0.211 e. The van der Waals surface area contributed by atoms with Gasteiger partial charge in [-0.2, -0.15) is 4.99 Å². The predicted molar refractivity (Wildman–Crippen MR) is 60.0 cm³/mol. The topological polar surface area (TPSA) is 29.4 Å². The van der Waals surface area contributed by atoms with E-state index >= 15 is 0 Å². The highest BCUT2D eigenvalue weighted by Crippen LogP contribution is 2.28. The number of benzene rings is 1. The molecular formula is C11H12BrNO. The van der Waals surface area contributed by atoms with Crippen LogP contribution in [0.4, 0.5) is 0 Å². The standard InChI is InChI=1S/C11H12BrNO/c1-8-4-5-9(6-10(8)12)11(2,3)13-7-14/h4-6H,1-3H3. The summed E-state index contributed by atoms with van der Waals surface area (Å²) >= 11 is 3.45. The van der Waals surface area contributed by atoms with Crippen LogP contribution in [-0.4, -0.2) is 6.08 Å². The summed E-state index contributed by atoms with van der Waals surface area (Å²) in [5.41, 5.74) is 1.66. The first kappa shape index (κ1) is 11.2. The maximum absolute atomic E-state index is 10.2. The number of hydrogen-bond acceptors (Lipinski definition) is 2. The van der Waals surface area contributed by atoms with Crippen LogP contribution in [0.2, 0.25) is 0 Å². The minimum absolute atomic E-state index is 0.502. The van der Waals surface area contributed by atoms with E-state index in [9.17, 15) is 4.79 Å². The van der Waals surface area contributed by atoms with Gasteiger partial charge in [-0.15, -0.1) is 0 Å². The van der Waals surface area contributed by atoms with Crippen molar-refractivity contribution in [2.45, 2.75) is 26.3 Å². The van der Waals surface area contributed by atoms with Crippen molar-refractivity contribution in [3.05, 3.63) is 33.8 Å². The highest BCUT2D eigenvalue weighted by atomic mass is 79.9. The molecule has 0 bridgehead atoms. The van der Waals surface area contributed by atoms with Gasteiger partial charge in [0.15, 0.2) is 0 Å². The van der Waals surface area contributed by atoms with Crippen LogP contribution in [0.15, 0.2) is 27.7 Å². The van der Waals surface area contributed by atoms with Crippen LogP contribution in [0.25, 0.3) is 0 Å². The Morgan fingerprint density at radius 1 is 1.43 bits per heavy atom. The SMILES string of the molecule is Cc1ccc(C(C)(C)N=C=O)cc1Br. The van der Waals surface area contributed by atoms with Crippen LogP contribution < -0.4 is 0 Å². The van der Waals surface area contributed by atoms with Crippen molar-refractivity contribution in [3.63, 3.8) is 0 Å². The van der Waals surface area contributed by atoms with Crippen LogP contribution in [-0.2, 0) is 10.3 Å². The largest absolute Gasteiger partial charge is 0.235 e. The van der Waals surface area contributed by atoms with E-state index in [4.69, 9.17) is 0 Å². The van der Waals surface area contributed by atoms with Gasteiger partial charge in [0, 0.05) is 4.47 Å². The summed E-state index contributed by atoms with van der Waals surface area (Å²) in [5.74, 6) is 0. The average Bonchev–Trinajstić information content (AvgIpc) is 2.09. The van der Waals surface area contributed by atoms with E-state index in [1.54, 1.807) is 6.08 Å². The van der Waals surface area contributed by atoms with E-state index < -0.39 is 5.54 Å². The van der Waals surface area contributed by atoms with Crippen molar-refractivity contribution < 1.29 is 4.79 Å². The Kier molecular flexibility index (Phi) is 3.25. The molecule has 0 aliphatic carbocycles. The smallest absolute Gasteiger partial charge is 0.211 e. The Morgan fingerprint density at radius 3 is 2.57 bits per heavy atom. The Labute approximate surface area is 92.2 Å². The number of hydrogen-bond donors (Lipinski definition) is 0. The molecule has 0 radical (unpaired) electrons. The van der Waals surface area contributed by atoms with Crippen LogP contribution in [0.3, 0.4) is 0 Å². The molecular weight excluding hydrogens is 242 g/mol. The first-order valence-corrected chi connectivity index (χ1v) is 5.12. The molecule has 2 nitrogen and oxygen atoms in total. The lowest BCUT2D eigenvalue weighted by atomic mass is 9.94. The van der Waals surface area contributed by atoms with E-state index in [-0.39, 0.29) is 0 Å². The second-order valence-corrected chi connectivity index (χ2v) is 4.58. The summed E-state index contributed by atoms with van der Waals surface area (Å²) in [7, 11) is 0. The number of isocyanates is 1. The van der Waals surface area contributed by atoms with Gasteiger partial charge in [-0.3, -0.25) is 0 Å². The third-order valence-corrected chi connectivity index (χ3v) is 3.06. The lowest BCUT2D eigenvalue weighted by Gasteiger charge is -2.18. The van der Waals surface area contributed by atoms with Crippen molar-refractivity contribution in [1.82, 2.24) is 0 Å². The monoisotopic (exact) mass is 253 g/mol. The quantitative estimate of drug-likeness (QED) is 0.588. The molecule has 0 aliphatic rings. The lowest BCUT2D eigenvalue weighted by molar-refractivity contribution is 0.522. The van der Waals surface area contributed by atoms with E-state index in [0.717, 1.165) is 10.0 Å². The van der Waals surface area contributed by atoms with Gasteiger partial charge in [-0.1, -0.05) is 28.1 Å². The molecule has 14 heavy (non-hydrogen) atoms. The number of aliphatic imine (C=N–C) groups is 1. The molecule has 0 saturated heterocycles. The fourth-order valence-corrected chi connectivity index (χ4v) is 1.53. The summed E-state index contributed by atoms with van der Waals surface area (Å²) in [6.45, 7) is 5.79. The molecule has 0 aromatic heterocycles. The lowest BCUT2D eigenvalue weighted by Crippen LogP contribution is -2.13. The van der Waals surface area contributed by atoms with Gasteiger partial charge < -0.3 is 0 Å². The number of carbonyl (C=O) groups excluding carboxylic acids is 1. The molecule has 0 heterocycles. The van der Waals surface area contributed by atoms with Gasteiger partial charge >= 0.3 is 0 Å². The minimum atomic E-state index is -0.502. The van der Waals surface area contributed by atoms with Crippen molar-refractivity contribution in [2.75, 3.05) is 0 Å². The Balaban J connectivity index is 3.20.